The van der Waals surface area contributed by atoms with Gasteiger partial charge in [-0.2, -0.15) is 0 Å². The van der Waals surface area contributed by atoms with Crippen LogP contribution in [0, 0.1) is 35.5 Å². The maximum atomic E-state index is 14.4. The Balaban J connectivity index is 1.22. The van der Waals surface area contributed by atoms with Crippen molar-refractivity contribution in [1.29, 1.82) is 0 Å². The summed E-state index contributed by atoms with van der Waals surface area (Å²) in [5.41, 5.74) is 10.0. The Labute approximate surface area is 387 Å². The van der Waals surface area contributed by atoms with Gasteiger partial charge in [0.1, 0.15) is 12.5 Å². The van der Waals surface area contributed by atoms with E-state index in [-0.39, 0.29) is 30.8 Å². The van der Waals surface area contributed by atoms with Crippen LogP contribution in [0.3, 0.4) is 0 Å². The predicted octanol–water partition coefficient (Wildman–Crippen LogP) is 11.9. The molecule has 65 heavy (non-hydrogen) atoms. The standard InChI is InChI=1S/C55H70N4O6/c1-12-38-35(8)42-27-43-36(9)40(23-24-48(61)65-26-25-34(7)22-16-21-33(6)20-15-19-32(5)18-14-17-31(3)4)52(58-43)50-51(55(63)64-11)54(62)49-37(10)44(59-53(49)50)28-46-39(13-2)41(30-60)47(57-46)29-45(38)56-42/h12-13,25,27-33,36,40,51,58,60H,1-2,14-24,26H2,3-11H3/b34-25+,41-30?,43-27?,44-28?,45-29?,52-50?/t32-,33-,36+,40+,51-/m1/s1. The highest BCUT2D eigenvalue weighted by atomic mass is 16.5. The molecule has 346 valence electrons. The summed E-state index contributed by atoms with van der Waals surface area (Å²) in [4.78, 5) is 56.3. The number of ketones is 1. The van der Waals surface area contributed by atoms with E-state index in [0.717, 1.165) is 47.8 Å². The van der Waals surface area contributed by atoms with Crippen LogP contribution >= 0.6 is 0 Å². The number of carbonyl (C=O) groups is 3. The van der Waals surface area contributed by atoms with Crippen molar-refractivity contribution in [3.05, 3.63) is 129 Å². The predicted molar refractivity (Wildman–Crippen MR) is 262 cm³/mol. The van der Waals surface area contributed by atoms with E-state index in [0.29, 0.717) is 80.1 Å². The van der Waals surface area contributed by atoms with Gasteiger partial charge in [-0.25, -0.2) is 15.0 Å². The van der Waals surface area contributed by atoms with Crippen LogP contribution in [0.5, 0.6) is 0 Å². The number of Topliss-reactive ketones (excluding diaryl/α,β-unsaturated/α-hetero) is 1. The summed E-state index contributed by atoms with van der Waals surface area (Å²) in [6.07, 6.45) is 23.7. The molecule has 0 spiro atoms. The van der Waals surface area contributed by atoms with E-state index in [1.165, 1.54) is 57.6 Å². The normalized spacial score (nSPS) is 23.1. The molecule has 8 bridgehead atoms. The minimum atomic E-state index is -1.24. The average Bonchev–Trinajstić information content (AvgIpc) is 4.02. The fraction of sp³-hybridized carbons (Fsp3) is 0.491. The van der Waals surface area contributed by atoms with Crippen molar-refractivity contribution >= 4 is 34.9 Å². The smallest absolute Gasteiger partial charge is 0.321 e. The molecule has 0 radical (unpaired) electrons. The van der Waals surface area contributed by atoms with Crippen LogP contribution in [0.2, 0.25) is 0 Å². The quantitative estimate of drug-likeness (QED) is 0.0537. The number of aliphatic imine (C=N–C) groups is 3. The van der Waals surface area contributed by atoms with Crippen molar-refractivity contribution in [1.82, 2.24) is 5.32 Å². The van der Waals surface area contributed by atoms with Gasteiger partial charge in [0.15, 0.2) is 5.78 Å². The maximum absolute atomic E-state index is 14.4. The van der Waals surface area contributed by atoms with Gasteiger partial charge >= 0.3 is 11.9 Å². The topological polar surface area (TPSA) is 139 Å². The molecule has 6 aliphatic rings. The first-order valence-corrected chi connectivity index (χ1v) is 23.7. The zero-order valence-corrected chi connectivity index (χ0v) is 40.2. The number of aliphatic hydroxyl groups excluding tert-OH is 1. The van der Waals surface area contributed by atoms with E-state index in [2.05, 4.69) is 60.0 Å². The molecule has 1 aliphatic carbocycles. The van der Waals surface area contributed by atoms with E-state index in [1.807, 2.05) is 25.2 Å². The summed E-state index contributed by atoms with van der Waals surface area (Å²) in [6.45, 7) is 25.6. The zero-order chi connectivity index (χ0) is 47.1. The van der Waals surface area contributed by atoms with Gasteiger partial charge in [-0.3, -0.25) is 14.4 Å². The van der Waals surface area contributed by atoms with Gasteiger partial charge in [0.2, 0.25) is 0 Å². The van der Waals surface area contributed by atoms with Gasteiger partial charge < -0.3 is 19.9 Å². The van der Waals surface area contributed by atoms with Gasteiger partial charge in [0, 0.05) is 57.5 Å². The lowest BCUT2D eigenvalue weighted by atomic mass is 9.85. The molecule has 0 aromatic rings. The Hall–Kier alpha value is -5.64. The lowest BCUT2D eigenvalue weighted by Gasteiger charge is -2.19. The third kappa shape index (κ3) is 10.7. The zero-order valence-electron chi connectivity index (χ0n) is 40.2. The first kappa shape index (κ1) is 48.8. The Bertz CT molecular complexity index is 2380. The Morgan fingerprint density at radius 3 is 2.18 bits per heavy atom. The van der Waals surface area contributed by atoms with E-state index in [4.69, 9.17) is 24.5 Å². The largest absolute Gasteiger partial charge is 0.515 e. The first-order chi connectivity index (χ1) is 31.1. The molecule has 10 nitrogen and oxygen atoms in total. The molecule has 10 heteroatoms. The second-order valence-electron chi connectivity index (χ2n) is 19.2. The Kier molecular flexibility index (Phi) is 16.2. The summed E-state index contributed by atoms with van der Waals surface area (Å²) >= 11 is 0. The molecule has 1 saturated carbocycles. The van der Waals surface area contributed by atoms with E-state index in [9.17, 15) is 19.5 Å². The number of nitrogens with one attached hydrogen (secondary N) is 1. The molecule has 0 unspecified atom stereocenters. The number of ether oxygens (including phenoxy) is 2. The number of carbonyl (C=O) groups excluding carboxylic acids is 3. The average molecular weight is 883 g/mol. The summed E-state index contributed by atoms with van der Waals surface area (Å²) in [7, 11) is 1.28. The third-order valence-electron chi connectivity index (χ3n) is 14.0. The van der Waals surface area contributed by atoms with Gasteiger partial charge in [0.25, 0.3) is 0 Å². The van der Waals surface area contributed by atoms with Gasteiger partial charge in [-0.1, -0.05) is 110 Å². The third-order valence-corrected chi connectivity index (χ3v) is 14.0. The summed E-state index contributed by atoms with van der Waals surface area (Å²) in [5.74, 6) is -0.821. The SMILES string of the molecule is C=CC1=C2C=C3N=C4C(=C3C)C(=O)[C@H](C(=O)OC)C4=C3NC(=CC4=NC(=CC(=N2)C1=CO)C(C=C)=C4C)[C@@H](C)[C@@H]3CCC(=O)OC/C=C(\C)CCC[C@H](C)CCC[C@H](C)CCCC(C)C. The number of esters is 2. The lowest BCUT2D eigenvalue weighted by molar-refractivity contribution is -0.146. The minimum absolute atomic E-state index is 0.129. The van der Waals surface area contributed by atoms with Crippen molar-refractivity contribution < 1.29 is 29.0 Å². The highest BCUT2D eigenvalue weighted by molar-refractivity contribution is 6.42. The van der Waals surface area contributed by atoms with Crippen molar-refractivity contribution in [3.8, 4) is 0 Å². The van der Waals surface area contributed by atoms with Crippen LogP contribution in [0.4, 0.5) is 0 Å². The number of allylic oxidation sites excluding steroid dienone is 13. The summed E-state index contributed by atoms with van der Waals surface area (Å²) < 4.78 is 11.0. The molecule has 0 aromatic heterocycles. The number of methoxy groups -OCH3 is 1. The van der Waals surface area contributed by atoms with E-state index >= 15 is 0 Å². The number of hydrogen-bond acceptors (Lipinski definition) is 10. The van der Waals surface area contributed by atoms with Crippen LogP contribution in [0.1, 0.15) is 126 Å². The Morgan fingerprint density at radius 2 is 1.54 bits per heavy atom. The van der Waals surface area contributed by atoms with Crippen molar-refractivity contribution in [2.45, 2.75) is 126 Å². The highest BCUT2D eigenvalue weighted by Gasteiger charge is 2.52. The van der Waals surface area contributed by atoms with Crippen molar-refractivity contribution in [2.75, 3.05) is 13.7 Å². The summed E-state index contributed by atoms with van der Waals surface area (Å²) in [5, 5.41) is 14.0. The fourth-order valence-corrected chi connectivity index (χ4v) is 9.95. The van der Waals surface area contributed by atoms with Gasteiger partial charge in [-0.05, 0) is 93.2 Å². The van der Waals surface area contributed by atoms with E-state index in [1.54, 1.807) is 25.2 Å². The molecule has 1 saturated heterocycles. The van der Waals surface area contributed by atoms with Gasteiger partial charge in [-0.15, -0.1) is 0 Å². The molecule has 2 N–H and O–H groups in total. The number of nitrogens with zero attached hydrogens (tertiary/aromatic N) is 3. The molecule has 5 aliphatic heterocycles. The Morgan fingerprint density at radius 1 is 0.862 bits per heavy atom. The van der Waals surface area contributed by atoms with E-state index < -0.39 is 17.7 Å². The number of fused-ring (bicyclic) bond motifs is 5. The monoisotopic (exact) mass is 883 g/mol. The molecule has 5 atom stereocenters. The fourth-order valence-electron chi connectivity index (χ4n) is 9.95. The molecule has 2 fully saturated rings. The van der Waals surface area contributed by atoms with Crippen LogP contribution in [0.15, 0.2) is 144 Å². The summed E-state index contributed by atoms with van der Waals surface area (Å²) in [6, 6.07) is 0. The van der Waals surface area contributed by atoms with Crippen LogP contribution in [-0.4, -0.2) is 53.7 Å². The van der Waals surface area contributed by atoms with Crippen LogP contribution < -0.4 is 5.32 Å². The molecule has 0 amide bonds. The van der Waals surface area contributed by atoms with Crippen LogP contribution in [-0.2, 0) is 23.9 Å². The second-order valence-corrected chi connectivity index (χ2v) is 19.2. The molecule has 0 aromatic carbocycles. The highest BCUT2D eigenvalue weighted by Crippen LogP contribution is 2.47. The number of hydrogen-bond donors (Lipinski definition) is 2. The van der Waals surface area contributed by atoms with Crippen molar-refractivity contribution in [3.63, 3.8) is 0 Å². The minimum Gasteiger partial charge on any atom is -0.515 e. The number of rotatable bonds is 20. The molecular weight excluding hydrogens is 813 g/mol. The van der Waals surface area contributed by atoms with Crippen LogP contribution in [0.25, 0.3) is 0 Å². The molecule has 5 heterocycles. The first-order valence-electron chi connectivity index (χ1n) is 23.7. The maximum Gasteiger partial charge on any atom is 0.321 e. The molecule has 6 rings (SSSR count). The van der Waals surface area contributed by atoms with Crippen molar-refractivity contribution in [2.24, 2.45) is 50.5 Å². The molecular formula is C55H70N4O6. The lowest BCUT2D eigenvalue weighted by Crippen LogP contribution is -2.26. The number of aliphatic hydroxyl groups is 1. The van der Waals surface area contributed by atoms with Gasteiger partial charge in [0.05, 0.1) is 47.6 Å². The second kappa shape index (κ2) is 21.6.